The lowest BCUT2D eigenvalue weighted by Crippen LogP contribution is -2.10. The summed E-state index contributed by atoms with van der Waals surface area (Å²) in [4.78, 5) is 0. The van der Waals surface area contributed by atoms with E-state index in [0.29, 0.717) is 0 Å². The number of hydrogen-bond acceptors (Lipinski definition) is 1. The zero-order valence-corrected chi connectivity index (χ0v) is 12.7. The molecule has 0 N–H and O–H groups in total. The molecule has 0 radical (unpaired) electrons. The summed E-state index contributed by atoms with van der Waals surface area (Å²) in [5, 5.41) is 0. The van der Waals surface area contributed by atoms with Gasteiger partial charge in [0.05, 0.1) is 0 Å². The van der Waals surface area contributed by atoms with Crippen molar-refractivity contribution in [2.45, 2.75) is 19.5 Å². The third-order valence-electron chi connectivity index (χ3n) is 1.76. The van der Waals surface area contributed by atoms with Gasteiger partial charge in [-0.15, -0.1) is 0 Å². The summed E-state index contributed by atoms with van der Waals surface area (Å²) in [5.41, 5.74) is 1.31. The average Bonchev–Trinajstić information content (AvgIpc) is 2.01. The van der Waals surface area contributed by atoms with Crippen LogP contribution < -0.4 is 0 Å². The molecule has 0 aliphatic carbocycles. The normalized spacial score (nSPS) is 10.9. The summed E-state index contributed by atoms with van der Waals surface area (Å²) < 4.78 is 7.86. The van der Waals surface area contributed by atoms with Gasteiger partial charge in [-0.05, 0) is 43.3 Å². The molecule has 14 heavy (non-hydrogen) atoms. The Hall–Kier alpha value is 0.357. The molecule has 78 valence electrons. The molecule has 0 aliphatic rings. The minimum Gasteiger partial charge on any atom is -0.420 e. The van der Waals surface area contributed by atoms with Crippen molar-refractivity contribution >= 4 is 40.9 Å². The smallest absolute Gasteiger partial charge is 0.170 e. The van der Waals surface area contributed by atoms with Crippen LogP contribution in [-0.4, -0.2) is 15.6 Å². The molecule has 1 nitrogen and oxygen atoms in total. The van der Waals surface area contributed by atoms with Crippen LogP contribution in [0.5, 0.6) is 0 Å². The maximum absolute atomic E-state index is 5.63. The molecule has 0 unspecified atom stereocenters. The molecule has 0 aromatic heterocycles. The van der Waals surface area contributed by atoms with Crippen molar-refractivity contribution in [1.29, 1.82) is 0 Å². The summed E-state index contributed by atoms with van der Waals surface area (Å²) in [5.74, 6) is 0. The fourth-order valence-corrected chi connectivity index (χ4v) is 3.15. The van der Waals surface area contributed by atoms with E-state index < -0.39 is 9.04 Å². The van der Waals surface area contributed by atoms with Crippen LogP contribution in [0.4, 0.5) is 0 Å². The molecular formula is C10H14Br2OSi. The van der Waals surface area contributed by atoms with Crippen LogP contribution in [0.3, 0.4) is 0 Å². The summed E-state index contributed by atoms with van der Waals surface area (Å²) in [6.45, 7) is 5.22. The molecule has 0 bridgehead atoms. The zero-order valence-electron chi connectivity index (χ0n) is 8.39. The Balaban J connectivity index is 2.50. The molecular weight excluding hydrogens is 324 g/mol. The van der Waals surface area contributed by atoms with E-state index in [9.17, 15) is 0 Å². The predicted octanol–water partition coefficient (Wildman–Crippen LogP) is 3.75. The first kappa shape index (κ1) is 12.4. The van der Waals surface area contributed by atoms with Gasteiger partial charge in [-0.2, -0.15) is 0 Å². The SMILES string of the molecule is C[SiH](C)OCCc1cc(Br)cc(Br)c1. The third-order valence-corrected chi connectivity index (χ3v) is 3.58. The second-order valence-corrected chi connectivity index (χ2v) is 7.71. The Kier molecular flexibility index (Phi) is 5.37. The zero-order chi connectivity index (χ0) is 10.6. The van der Waals surface area contributed by atoms with Crippen LogP contribution in [0, 0.1) is 0 Å². The molecule has 0 saturated heterocycles. The van der Waals surface area contributed by atoms with Crippen molar-refractivity contribution in [3.05, 3.63) is 32.7 Å². The topological polar surface area (TPSA) is 9.23 Å². The molecule has 0 amide bonds. The second-order valence-electron chi connectivity index (χ2n) is 3.45. The van der Waals surface area contributed by atoms with Crippen molar-refractivity contribution in [1.82, 2.24) is 0 Å². The van der Waals surface area contributed by atoms with Crippen LogP contribution in [0.25, 0.3) is 0 Å². The average molecular weight is 338 g/mol. The highest BCUT2D eigenvalue weighted by Gasteiger charge is 1.99. The molecule has 0 atom stereocenters. The Morgan fingerprint density at radius 2 is 1.71 bits per heavy atom. The van der Waals surface area contributed by atoms with E-state index in [2.05, 4.69) is 57.1 Å². The van der Waals surface area contributed by atoms with Crippen LogP contribution in [-0.2, 0) is 10.8 Å². The fourth-order valence-electron chi connectivity index (χ4n) is 1.17. The van der Waals surface area contributed by atoms with Gasteiger partial charge < -0.3 is 4.43 Å². The summed E-state index contributed by atoms with van der Waals surface area (Å²) >= 11 is 6.94. The first-order valence-corrected chi connectivity index (χ1v) is 9.01. The first-order valence-electron chi connectivity index (χ1n) is 4.64. The first-order chi connectivity index (χ1) is 6.58. The number of rotatable bonds is 4. The predicted molar refractivity (Wildman–Crippen MR) is 70.4 cm³/mol. The Morgan fingerprint density at radius 3 is 2.21 bits per heavy atom. The highest BCUT2D eigenvalue weighted by molar-refractivity contribution is 9.11. The standard InChI is InChI=1S/C10H14Br2OSi/c1-14(2)13-4-3-8-5-9(11)7-10(12)6-8/h5-7,14H,3-4H2,1-2H3. The minimum atomic E-state index is -0.860. The van der Waals surface area contributed by atoms with Gasteiger partial charge in [-0.3, -0.25) is 0 Å². The van der Waals surface area contributed by atoms with Gasteiger partial charge in [0.25, 0.3) is 0 Å². The van der Waals surface area contributed by atoms with Gasteiger partial charge in [0.2, 0.25) is 0 Å². The number of hydrogen-bond donors (Lipinski definition) is 0. The summed E-state index contributed by atoms with van der Waals surface area (Å²) in [7, 11) is -0.860. The van der Waals surface area contributed by atoms with Crippen molar-refractivity contribution < 1.29 is 4.43 Å². The number of halogens is 2. The highest BCUT2D eigenvalue weighted by atomic mass is 79.9. The van der Waals surface area contributed by atoms with Crippen molar-refractivity contribution in [3.63, 3.8) is 0 Å². The van der Waals surface area contributed by atoms with Crippen molar-refractivity contribution in [2.24, 2.45) is 0 Å². The van der Waals surface area contributed by atoms with Crippen LogP contribution in [0.15, 0.2) is 27.1 Å². The molecule has 0 aliphatic heterocycles. The molecule has 1 aromatic carbocycles. The molecule has 4 heteroatoms. The van der Waals surface area contributed by atoms with Crippen molar-refractivity contribution in [2.75, 3.05) is 6.61 Å². The van der Waals surface area contributed by atoms with Gasteiger partial charge >= 0.3 is 0 Å². The Bertz CT molecular complexity index is 282. The van der Waals surface area contributed by atoms with E-state index in [1.165, 1.54) is 5.56 Å². The monoisotopic (exact) mass is 336 g/mol. The van der Waals surface area contributed by atoms with E-state index in [4.69, 9.17) is 4.43 Å². The lowest BCUT2D eigenvalue weighted by atomic mass is 10.2. The van der Waals surface area contributed by atoms with Gasteiger partial charge in [-0.25, -0.2) is 0 Å². The van der Waals surface area contributed by atoms with E-state index in [0.717, 1.165) is 22.0 Å². The molecule has 1 rings (SSSR count). The van der Waals surface area contributed by atoms with Crippen LogP contribution in [0.2, 0.25) is 13.1 Å². The third kappa shape index (κ3) is 4.73. The van der Waals surface area contributed by atoms with Gasteiger partial charge in [-0.1, -0.05) is 31.9 Å². The maximum Gasteiger partial charge on any atom is 0.170 e. The van der Waals surface area contributed by atoms with Gasteiger partial charge in [0.1, 0.15) is 0 Å². The molecule has 0 heterocycles. The van der Waals surface area contributed by atoms with E-state index in [1.54, 1.807) is 0 Å². The van der Waals surface area contributed by atoms with Crippen molar-refractivity contribution in [3.8, 4) is 0 Å². The molecule has 1 aromatic rings. The highest BCUT2D eigenvalue weighted by Crippen LogP contribution is 2.20. The minimum absolute atomic E-state index is 0.840. The molecule has 0 spiro atoms. The fraction of sp³-hybridized carbons (Fsp3) is 0.400. The Morgan fingerprint density at radius 1 is 1.14 bits per heavy atom. The number of benzene rings is 1. The maximum atomic E-state index is 5.63. The summed E-state index contributed by atoms with van der Waals surface area (Å²) in [6.07, 6.45) is 0.989. The van der Waals surface area contributed by atoms with Gasteiger partial charge in [0, 0.05) is 15.6 Å². The van der Waals surface area contributed by atoms with E-state index in [1.807, 2.05) is 6.07 Å². The quantitative estimate of drug-likeness (QED) is 0.760. The Labute approximate surface area is 104 Å². The second kappa shape index (κ2) is 6.05. The van der Waals surface area contributed by atoms with Crippen LogP contribution in [0.1, 0.15) is 5.56 Å². The summed E-state index contributed by atoms with van der Waals surface area (Å²) in [6, 6.07) is 6.31. The largest absolute Gasteiger partial charge is 0.420 e. The van der Waals surface area contributed by atoms with E-state index >= 15 is 0 Å². The van der Waals surface area contributed by atoms with E-state index in [-0.39, 0.29) is 0 Å². The van der Waals surface area contributed by atoms with Gasteiger partial charge in [0.15, 0.2) is 9.04 Å². The molecule has 0 saturated carbocycles. The van der Waals surface area contributed by atoms with Crippen LogP contribution >= 0.6 is 31.9 Å². The lowest BCUT2D eigenvalue weighted by Gasteiger charge is -2.07. The molecule has 0 fully saturated rings. The lowest BCUT2D eigenvalue weighted by molar-refractivity contribution is 0.331.